The number of phosphoric ester groups is 1. The third kappa shape index (κ3) is 5.64. The second-order valence-corrected chi connectivity index (χ2v) is 5.83. The van der Waals surface area contributed by atoms with Gasteiger partial charge in [0.25, 0.3) is 0 Å². The number of para-hydroxylation sites is 1. The van der Waals surface area contributed by atoms with E-state index >= 15 is 0 Å². The second kappa shape index (κ2) is 9.00. The minimum absolute atomic E-state index is 0.140. The first-order chi connectivity index (χ1) is 10.1. The minimum Gasteiger partial charge on any atom is -0.496 e. The fourth-order valence-corrected chi connectivity index (χ4v) is 2.88. The molecule has 0 aliphatic carbocycles. The first-order valence-corrected chi connectivity index (χ1v) is 8.36. The predicted octanol–water partition coefficient (Wildman–Crippen LogP) is 4.30. The second-order valence-electron chi connectivity index (χ2n) is 4.17. The summed E-state index contributed by atoms with van der Waals surface area (Å²) in [7, 11) is -1.84. The first-order valence-electron chi connectivity index (χ1n) is 6.90. The third-order valence-corrected chi connectivity index (χ3v) is 4.34. The van der Waals surface area contributed by atoms with Gasteiger partial charge in [0.15, 0.2) is 0 Å². The molecule has 118 valence electrons. The van der Waals surface area contributed by atoms with Crippen LogP contribution in [0.1, 0.15) is 26.3 Å². The largest absolute Gasteiger partial charge is 0.496 e. The van der Waals surface area contributed by atoms with E-state index in [1.54, 1.807) is 21.0 Å². The van der Waals surface area contributed by atoms with Crippen LogP contribution in [-0.4, -0.2) is 26.9 Å². The van der Waals surface area contributed by atoms with Gasteiger partial charge in [-0.15, -0.1) is 0 Å². The van der Waals surface area contributed by atoms with Gasteiger partial charge in [0.1, 0.15) is 5.75 Å². The van der Waals surface area contributed by atoms with Crippen LogP contribution in [-0.2, 0) is 18.1 Å². The molecular formula is C15H23O5P. The normalized spacial score (nSPS) is 12.5. The summed E-state index contributed by atoms with van der Waals surface area (Å²) in [6.07, 6.45) is 1.82. The molecular weight excluding hydrogens is 291 g/mol. The number of benzene rings is 1. The van der Waals surface area contributed by atoms with Crippen molar-refractivity contribution < 1.29 is 22.9 Å². The number of methoxy groups -OCH3 is 1. The average Bonchev–Trinajstić information content (AvgIpc) is 2.47. The third-order valence-electron chi connectivity index (χ3n) is 2.73. The number of allylic oxidation sites excluding steroid dienone is 1. The topological polar surface area (TPSA) is 54.0 Å². The van der Waals surface area contributed by atoms with E-state index in [1.165, 1.54) is 0 Å². The molecule has 0 saturated carbocycles. The maximum Gasteiger partial charge on any atom is 0.475 e. The first kappa shape index (κ1) is 17.9. The van der Waals surface area contributed by atoms with Crippen molar-refractivity contribution in [2.45, 2.75) is 20.8 Å². The summed E-state index contributed by atoms with van der Waals surface area (Å²) in [4.78, 5) is 0. The standard InChI is InChI=1S/C15H23O5P/c1-5-18-21(16,19-6-2)20-12-11-13(3)14-9-7-8-10-15(14)17-4/h7-11H,5-6,12H2,1-4H3/b13-11+. The van der Waals surface area contributed by atoms with Gasteiger partial charge in [-0.2, -0.15) is 0 Å². The Labute approximate surface area is 126 Å². The van der Waals surface area contributed by atoms with Gasteiger partial charge < -0.3 is 4.74 Å². The van der Waals surface area contributed by atoms with Crippen LogP contribution in [0.4, 0.5) is 0 Å². The summed E-state index contributed by atoms with van der Waals surface area (Å²) in [6.45, 7) is 6.10. The number of hydrogen-bond acceptors (Lipinski definition) is 5. The lowest BCUT2D eigenvalue weighted by Gasteiger charge is -2.15. The van der Waals surface area contributed by atoms with E-state index in [0.717, 1.165) is 16.9 Å². The zero-order chi connectivity index (χ0) is 15.7. The molecule has 0 atom stereocenters. The summed E-state index contributed by atoms with van der Waals surface area (Å²) < 4.78 is 32.8. The molecule has 0 heterocycles. The van der Waals surface area contributed by atoms with Gasteiger partial charge in [0.2, 0.25) is 0 Å². The monoisotopic (exact) mass is 314 g/mol. The molecule has 0 bridgehead atoms. The highest BCUT2D eigenvalue weighted by Crippen LogP contribution is 2.49. The molecule has 5 nitrogen and oxygen atoms in total. The summed E-state index contributed by atoms with van der Waals surface area (Å²) in [5, 5.41) is 0. The van der Waals surface area contributed by atoms with Crippen molar-refractivity contribution >= 4 is 13.4 Å². The Morgan fingerprint density at radius 3 is 2.33 bits per heavy atom. The Kier molecular flexibility index (Phi) is 7.68. The van der Waals surface area contributed by atoms with Crippen molar-refractivity contribution in [2.75, 3.05) is 26.9 Å². The Hall–Kier alpha value is -1.13. The molecule has 0 saturated heterocycles. The van der Waals surface area contributed by atoms with Crippen LogP contribution in [0.2, 0.25) is 0 Å². The fourth-order valence-electron chi connectivity index (χ4n) is 1.76. The Bertz CT molecular complexity index is 503. The molecule has 0 aliphatic heterocycles. The number of rotatable bonds is 9. The predicted molar refractivity (Wildman–Crippen MR) is 83.5 cm³/mol. The van der Waals surface area contributed by atoms with Gasteiger partial charge in [0.05, 0.1) is 26.9 Å². The van der Waals surface area contributed by atoms with E-state index in [4.69, 9.17) is 18.3 Å². The van der Waals surface area contributed by atoms with Crippen LogP contribution in [0, 0.1) is 0 Å². The van der Waals surface area contributed by atoms with Crippen LogP contribution in [0.15, 0.2) is 30.3 Å². The SMILES string of the molecule is CCOP(=O)(OCC)OC/C=C(\C)c1ccccc1OC. The summed E-state index contributed by atoms with van der Waals surface area (Å²) in [5.74, 6) is 0.782. The molecule has 1 rings (SSSR count). The zero-order valence-electron chi connectivity index (χ0n) is 13.0. The summed E-state index contributed by atoms with van der Waals surface area (Å²) >= 11 is 0. The molecule has 0 fully saturated rings. The minimum atomic E-state index is -3.46. The van der Waals surface area contributed by atoms with Crippen LogP contribution >= 0.6 is 7.82 Å². The van der Waals surface area contributed by atoms with Crippen molar-refractivity contribution in [3.8, 4) is 5.75 Å². The van der Waals surface area contributed by atoms with Crippen LogP contribution in [0.25, 0.3) is 5.57 Å². The van der Waals surface area contributed by atoms with Crippen LogP contribution in [0.3, 0.4) is 0 Å². The van der Waals surface area contributed by atoms with Crippen molar-refractivity contribution in [3.63, 3.8) is 0 Å². The molecule has 21 heavy (non-hydrogen) atoms. The van der Waals surface area contributed by atoms with E-state index < -0.39 is 7.82 Å². The lowest BCUT2D eigenvalue weighted by atomic mass is 10.1. The van der Waals surface area contributed by atoms with Crippen molar-refractivity contribution in [1.82, 2.24) is 0 Å². The van der Waals surface area contributed by atoms with Gasteiger partial charge in [-0.05, 0) is 32.4 Å². The van der Waals surface area contributed by atoms with E-state index in [1.807, 2.05) is 37.3 Å². The van der Waals surface area contributed by atoms with E-state index in [9.17, 15) is 4.57 Å². The number of hydrogen-bond donors (Lipinski definition) is 0. The number of ether oxygens (including phenoxy) is 1. The molecule has 0 spiro atoms. The quantitative estimate of drug-likeness (QED) is 0.636. The number of phosphoric acid groups is 1. The maximum absolute atomic E-state index is 12.1. The van der Waals surface area contributed by atoms with Gasteiger partial charge in [0, 0.05) is 5.56 Å². The molecule has 0 N–H and O–H groups in total. The molecule has 0 aromatic heterocycles. The van der Waals surface area contributed by atoms with Crippen LogP contribution in [0.5, 0.6) is 5.75 Å². The molecule has 0 unspecified atom stereocenters. The Morgan fingerprint density at radius 2 is 1.76 bits per heavy atom. The lowest BCUT2D eigenvalue weighted by molar-refractivity contribution is 0.131. The smallest absolute Gasteiger partial charge is 0.475 e. The zero-order valence-corrected chi connectivity index (χ0v) is 13.9. The van der Waals surface area contributed by atoms with Crippen molar-refractivity contribution in [2.24, 2.45) is 0 Å². The highest BCUT2D eigenvalue weighted by Gasteiger charge is 2.24. The van der Waals surface area contributed by atoms with Crippen molar-refractivity contribution in [3.05, 3.63) is 35.9 Å². The molecule has 0 radical (unpaired) electrons. The average molecular weight is 314 g/mol. The molecule has 0 aliphatic rings. The van der Waals surface area contributed by atoms with Gasteiger partial charge >= 0.3 is 7.82 Å². The maximum atomic E-state index is 12.1. The molecule has 1 aromatic carbocycles. The lowest BCUT2D eigenvalue weighted by Crippen LogP contribution is -2.00. The summed E-state index contributed by atoms with van der Waals surface area (Å²) in [5.41, 5.74) is 1.93. The van der Waals surface area contributed by atoms with Crippen LogP contribution < -0.4 is 4.74 Å². The van der Waals surface area contributed by atoms with E-state index in [2.05, 4.69) is 0 Å². The van der Waals surface area contributed by atoms with E-state index in [-0.39, 0.29) is 19.8 Å². The van der Waals surface area contributed by atoms with Gasteiger partial charge in [-0.3, -0.25) is 13.6 Å². The van der Waals surface area contributed by atoms with Crippen molar-refractivity contribution in [1.29, 1.82) is 0 Å². The fraction of sp³-hybridized carbons (Fsp3) is 0.467. The Morgan fingerprint density at radius 1 is 1.14 bits per heavy atom. The van der Waals surface area contributed by atoms with Gasteiger partial charge in [-0.1, -0.05) is 24.3 Å². The van der Waals surface area contributed by atoms with E-state index in [0.29, 0.717) is 0 Å². The Balaban J connectivity index is 2.73. The summed E-state index contributed by atoms with van der Waals surface area (Å²) in [6, 6.07) is 7.68. The molecule has 0 amide bonds. The molecule has 1 aromatic rings. The molecule has 6 heteroatoms. The highest BCUT2D eigenvalue weighted by molar-refractivity contribution is 7.48. The highest BCUT2D eigenvalue weighted by atomic mass is 31.2. The van der Waals surface area contributed by atoms with Gasteiger partial charge in [-0.25, -0.2) is 4.57 Å².